The molecule has 0 spiro atoms. The Balaban J connectivity index is 0.00000288. The number of hydrogen-bond acceptors (Lipinski definition) is 3. The minimum atomic E-state index is -3.74. The predicted octanol–water partition coefficient (Wildman–Crippen LogP) is 1.32. The Bertz CT molecular complexity index is 812. The molecule has 24 heavy (non-hydrogen) atoms. The van der Waals surface area contributed by atoms with Crippen LogP contribution in [-0.2, 0) is 10.0 Å². The Morgan fingerprint density at radius 1 is 0.917 bits per heavy atom. The van der Waals surface area contributed by atoms with Crippen LogP contribution in [0.5, 0.6) is 0 Å². The molecule has 118 valence electrons. The third kappa shape index (κ3) is 6.84. The molecule has 0 aliphatic rings. The van der Waals surface area contributed by atoms with Gasteiger partial charge in [0.1, 0.15) is 10.0 Å². The second-order valence-electron chi connectivity index (χ2n) is 4.79. The summed E-state index contributed by atoms with van der Waals surface area (Å²) >= 11 is 0. The van der Waals surface area contributed by atoms with Gasteiger partial charge >= 0.3 is 29.6 Å². The maximum Gasteiger partial charge on any atom is 1.00 e. The summed E-state index contributed by atoms with van der Waals surface area (Å²) in [5, 5.41) is 3.58. The van der Waals surface area contributed by atoms with E-state index in [1.54, 1.807) is 24.3 Å². The van der Waals surface area contributed by atoms with E-state index in [-0.39, 0.29) is 34.5 Å². The minimum absolute atomic E-state index is 0. The molecule has 0 radical (unpaired) electrons. The first-order valence-corrected chi connectivity index (χ1v) is 8.47. The minimum Gasteiger partial charge on any atom is -0.491 e. The number of hydrogen-bond donors (Lipinski definition) is 0. The Kier molecular flexibility index (Phi) is 8.71. The van der Waals surface area contributed by atoms with Crippen LogP contribution in [0, 0.1) is 6.92 Å². The number of aryl methyl sites for hydroxylation is 1. The van der Waals surface area contributed by atoms with Crippen LogP contribution < -0.4 is 29.6 Å². The van der Waals surface area contributed by atoms with E-state index >= 15 is 0 Å². The second-order valence-corrected chi connectivity index (χ2v) is 6.37. The van der Waals surface area contributed by atoms with Gasteiger partial charge in [0.15, 0.2) is 0 Å². The van der Waals surface area contributed by atoms with Crippen LogP contribution in [0.2, 0.25) is 0 Å². The van der Waals surface area contributed by atoms with E-state index < -0.39 is 10.0 Å². The standard InChI is InChI=1S/C18H17N2O2S.Na/c1-16-11-13-18(14-12-16)23(21,22)20-19-15-7-3-6-10-17-8-4-2-5-9-17;/h2-15H,1H3;/q-1;+1/b7-3+,10-6+,19-15-;. The molecule has 0 aromatic heterocycles. The van der Waals surface area contributed by atoms with E-state index in [0.29, 0.717) is 0 Å². The van der Waals surface area contributed by atoms with Gasteiger partial charge in [0.25, 0.3) is 0 Å². The third-order valence-corrected chi connectivity index (χ3v) is 4.11. The van der Waals surface area contributed by atoms with Gasteiger partial charge in [-0.1, -0.05) is 66.3 Å². The van der Waals surface area contributed by atoms with Crippen LogP contribution in [0.4, 0.5) is 0 Å². The monoisotopic (exact) mass is 348 g/mol. The summed E-state index contributed by atoms with van der Waals surface area (Å²) in [5.41, 5.74) is 2.07. The molecule has 0 saturated heterocycles. The maximum atomic E-state index is 11.9. The Morgan fingerprint density at radius 2 is 1.58 bits per heavy atom. The number of rotatable bonds is 6. The van der Waals surface area contributed by atoms with Crippen molar-refractivity contribution in [2.45, 2.75) is 11.8 Å². The molecule has 2 aromatic carbocycles. The molecule has 0 aliphatic carbocycles. The molecule has 0 N–H and O–H groups in total. The summed E-state index contributed by atoms with van der Waals surface area (Å²) in [6, 6.07) is 16.3. The van der Waals surface area contributed by atoms with Crippen LogP contribution in [0.3, 0.4) is 0 Å². The topological polar surface area (TPSA) is 60.6 Å². The summed E-state index contributed by atoms with van der Waals surface area (Å²) in [5.74, 6) is 0. The quantitative estimate of drug-likeness (QED) is 0.342. The molecular weight excluding hydrogens is 331 g/mol. The zero-order chi connectivity index (χ0) is 16.5. The number of sulfonamides is 1. The maximum absolute atomic E-state index is 11.9. The fourth-order valence-corrected chi connectivity index (χ4v) is 2.48. The predicted molar refractivity (Wildman–Crippen MR) is 94.8 cm³/mol. The van der Waals surface area contributed by atoms with Crippen molar-refractivity contribution in [1.82, 2.24) is 0 Å². The fraction of sp³-hybridized carbons (Fsp3) is 0.0556. The van der Waals surface area contributed by atoms with Gasteiger partial charge in [0.2, 0.25) is 0 Å². The van der Waals surface area contributed by atoms with Crippen LogP contribution in [0.1, 0.15) is 11.1 Å². The molecule has 0 atom stereocenters. The van der Waals surface area contributed by atoms with E-state index in [0.717, 1.165) is 11.1 Å². The van der Waals surface area contributed by atoms with Crippen molar-refractivity contribution in [1.29, 1.82) is 0 Å². The van der Waals surface area contributed by atoms with Crippen LogP contribution >= 0.6 is 0 Å². The smallest absolute Gasteiger partial charge is 0.491 e. The van der Waals surface area contributed by atoms with Crippen LogP contribution in [0.15, 0.2) is 82.8 Å². The van der Waals surface area contributed by atoms with Gasteiger partial charge in [-0.05, 0) is 30.7 Å². The van der Waals surface area contributed by atoms with Gasteiger partial charge in [-0.15, -0.1) is 0 Å². The van der Waals surface area contributed by atoms with E-state index in [9.17, 15) is 8.42 Å². The van der Waals surface area contributed by atoms with Crippen molar-refractivity contribution in [3.05, 3.63) is 88.8 Å². The number of benzene rings is 2. The summed E-state index contributed by atoms with van der Waals surface area (Å²) < 4.78 is 23.8. The Hall–Kier alpha value is -1.66. The molecule has 0 fully saturated rings. The van der Waals surface area contributed by atoms with Gasteiger partial charge in [-0.25, -0.2) is 8.42 Å². The zero-order valence-electron chi connectivity index (χ0n) is 13.7. The number of nitrogens with zero attached hydrogens (tertiary/aromatic N) is 2. The molecule has 6 heteroatoms. The zero-order valence-corrected chi connectivity index (χ0v) is 16.5. The molecule has 0 heterocycles. The van der Waals surface area contributed by atoms with E-state index in [4.69, 9.17) is 0 Å². The van der Waals surface area contributed by atoms with Crippen molar-refractivity contribution < 1.29 is 38.0 Å². The molecule has 0 unspecified atom stereocenters. The molecule has 0 aliphatic heterocycles. The largest absolute Gasteiger partial charge is 1.00 e. The first-order valence-electron chi connectivity index (χ1n) is 7.03. The average molecular weight is 348 g/mol. The Morgan fingerprint density at radius 3 is 2.25 bits per heavy atom. The first kappa shape index (κ1) is 20.4. The molecule has 2 rings (SSSR count). The first-order chi connectivity index (χ1) is 11.1. The van der Waals surface area contributed by atoms with Crippen LogP contribution in [-0.4, -0.2) is 14.6 Å². The van der Waals surface area contributed by atoms with Crippen molar-refractivity contribution in [3.63, 3.8) is 0 Å². The summed E-state index contributed by atoms with van der Waals surface area (Å²) in [6.45, 7) is 1.89. The molecule has 0 bridgehead atoms. The summed E-state index contributed by atoms with van der Waals surface area (Å²) in [6.07, 6.45) is 8.49. The number of allylic oxidation sites excluding steroid dienone is 3. The van der Waals surface area contributed by atoms with Crippen molar-refractivity contribution in [3.8, 4) is 0 Å². The van der Waals surface area contributed by atoms with Gasteiger partial charge in [-0.3, -0.25) is 0 Å². The Labute approximate surface area is 165 Å². The van der Waals surface area contributed by atoms with Gasteiger partial charge in [0, 0.05) is 6.21 Å². The van der Waals surface area contributed by atoms with Crippen molar-refractivity contribution in [2.75, 3.05) is 0 Å². The molecule has 0 amide bonds. The molecule has 0 saturated carbocycles. The summed E-state index contributed by atoms with van der Waals surface area (Å²) in [4.78, 5) is 3.51. The van der Waals surface area contributed by atoms with Crippen molar-refractivity contribution in [2.24, 2.45) is 5.10 Å². The van der Waals surface area contributed by atoms with Gasteiger partial charge < -0.3 is 9.93 Å². The third-order valence-electron chi connectivity index (χ3n) is 2.94. The second kappa shape index (κ2) is 10.3. The van der Waals surface area contributed by atoms with Crippen LogP contribution in [0.25, 0.3) is 10.9 Å². The fourth-order valence-electron chi connectivity index (χ4n) is 1.73. The molecular formula is C18H17N2NaO2S. The van der Waals surface area contributed by atoms with E-state index in [1.807, 2.05) is 49.4 Å². The van der Waals surface area contributed by atoms with E-state index in [2.05, 4.69) is 9.93 Å². The molecule has 4 nitrogen and oxygen atoms in total. The molecule has 2 aromatic rings. The SMILES string of the molecule is Cc1ccc(S(=O)(=O)[N-]\N=C/C=C/C=C/c2ccccc2)cc1.[Na+]. The normalized spacial score (nSPS) is 11.9. The average Bonchev–Trinajstić information content (AvgIpc) is 2.55. The van der Waals surface area contributed by atoms with Crippen molar-refractivity contribution >= 4 is 22.3 Å². The van der Waals surface area contributed by atoms with E-state index in [1.165, 1.54) is 18.3 Å². The van der Waals surface area contributed by atoms with Gasteiger partial charge in [-0.2, -0.15) is 0 Å². The summed E-state index contributed by atoms with van der Waals surface area (Å²) in [7, 11) is -3.74. The van der Waals surface area contributed by atoms with Gasteiger partial charge in [0.05, 0.1) is 4.90 Å².